The first-order valence-electron chi connectivity index (χ1n) is 9.94. The Morgan fingerprint density at radius 3 is 2.36 bits per heavy atom. The minimum atomic E-state index is -0.101. The highest BCUT2D eigenvalue weighted by atomic mass is 16.5. The van der Waals surface area contributed by atoms with Crippen molar-refractivity contribution in [2.24, 2.45) is 5.92 Å². The maximum atomic E-state index is 12.7. The van der Waals surface area contributed by atoms with Crippen molar-refractivity contribution in [1.29, 1.82) is 0 Å². The van der Waals surface area contributed by atoms with Crippen LogP contribution in [0.3, 0.4) is 0 Å². The molecule has 0 fully saturated rings. The molecular weight excluding hydrogens is 360 g/mol. The molecule has 28 heavy (non-hydrogen) atoms. The summed E-state index contributed by atoms with van der Waals surface area (Å²) < 4.78 is 21.8. The molecule has 0 aromatic heterocycles. The van der Waals surface area contributed by atoms with E-state index in [9.17, 15) is 4.79 Å². The molecule has 1 aromatic rings. The lowest BCUT2D eigenvalue weighted by Crippen LogP contribution is -2.42. The zero-order valence-electron chi connectivity index (χ0n) is 17.5. The Bertz CT molecular complexity index is 600. The number of carbonyl (C=O) groups excluding carboxylic acids is 1. The number of benzene rings is 1. The van der Waals surface area contributed by atoms with Crippen LogP contribution < -0.4 is 14.8 Å². The van der Waals surface area contributed by atoms with E-state index in [1.54, 1.807) is 14.2 Å². The van der Waals surface area contributed by atoms with Gasteiger partial charge in [-0.2, -0.15) is 0 Å². The first-order valence-corrected chi connectivity index (χ1v) is 9.94. The SMILES string of the molecule is COCCN(CCOC)CC(=O)NC(c1ccc2c(c1)OCCCO2)C(C)C. The first-order chi connectivity index (χ1) is 13.5. The van der Waals surface area contributed by atoms with Crippen LogP contribution in [0.15, 0.2) is 18.2 Å². The lowest BCUT2D eigenvalue weighted by molar-refractivity contribution is -0.123. The number of methoxy groups -OCH3 is 2. The second-order valence-electron chi connectivity index (χ2n) is 7.31. The van der Waals surface area contributed by atoms with E-state index < -0.39 is 0 Å². The molecule has 7 heteroatoms. The summed E-state index contributed by atoms with van der Waals surface area (Å²) in [6, 6.07) is 5.82. The summed E-state index contributed by atoms with van der Waals surface area (Å²) in [6.45, 7) is 8.33. The summed E-state index contributed by atoms with van der Waals surface area (Å²) in [7, 11) is 3.32. The van der Waals surface area contributed by atoms with Gasteiger partial charge >= 0.3 is 0 Å². The maximum Gasteiger partial charge on any atom is 0.234 e. The highest BCUT2D eigenvalue weighted by Crippen LogP contribution is 2.34. The van der Waals surface area contributed by atoms with Crippen molar-refractivity contribution in [3.63, 3.8) is 0 Å². The summed E-state index contributed by atoms with van der Waals surface area (Å²) in [4.78, 5) is 14.8. The molecule has 1 N–H and O–H groups in total. The average Bonchev–Trinajstić information content (AvgIpc) is 2.92. The molecule has 0 radical (unpaired) electrons. The predicted molar refractivity (Wildman–Crippen MR) is 108 cm³/mol. The average molecular weight is 395 g/mol. The summed E-state index contributed by atoms with van der Waals surface area (Å²) in [5, 5.41) is 3.18. The molecule has 1 heterocycles. The molecule has 1 atom stereocenters. The van der Waals surface area contributed by atoms with Crippen LogP contribution in [0.1, 0.15) is 31.9 Å². The Hall–Kier alpha value is -1.83. The Balaban J connectivity index is 2.05. The molecule has 2 rings (SSSR count). The quantitative estimate of drug-likeness (QED) is 0.621. The standard InChI is InChI=1S/C21H34N2O5/c1-16(2)21(17-6-7-18-19(14-17)28-11-5-10-27-18)22-20(24)15-23(8-12-25-3)9-13-26-4/h6-7,14,16,21H,5,8-13,15H2,1-4H3,(H,22,24). The zero-order chi connectivity index (χ0) is 20.4. The van der Waals surface area contributed by atoms with Gasteiger partial charge in [0, 0.05) is 33.7 Å². The van der Waals surface area contributed by atoms with Gasteiger partial charge in [-0.05, 0) is 23.6 Å². The van der Waals surface area contributed by atoms with Crippen molar-refractivity contribution >= 4 is 5.91 Å². The molecular formula is C21H34N2O5. The van der Waals surface area contributed by atoms with E-state index in [4.69, 9.17) is 18.9 Å². The molecule has 0 spiro atoms. The topological polar surface area (TPSA) is 69.3 Å². The van der Waals surface area contributed by atoms with Gasteiger partial charge in [0.2, 0.25) is 5.91 Å². The monoisotopic (exact) mass is 394 g/mol. The molecule has 7 nitrogen and oxygen atoms in total. The zero-order valence-corrected chi connectivity index (χ0v) is 17.5. The number of nitrogens with zero attached hydrogens (tertiary/aromatic N) is 1. The Morgan fingerprint density at radius 1 is 1.11 bits per heavy atom. The predicted octanol–water partition coefficient (Wildman–Crippen LogP) is 2.26. The fourth-order valence-electron chi connectivity index (χ4n) is 3.14. The molecule has 1 aliphatic heterocycles. The van der Waals surface area contributed by atoms with Crippen molar-refractivity contribution in [3.8, 4) is 11.5 Å². The van der Waals surface area contributed by atoms with Crippen molar-refractivity contribution in [2.75, 3.05) is 60.3 Å². The fraction of sp³-hybridized carbons (Fsp3) is 0.667. The van der Waals surface area contributed by atoms with E-state index in [1.807, 2.05) is 23.1 Å². The number of ether oxygens (including phenoxy) is 4. The summed E-state index contributed by atoms with van der Waals surface area (Å²) >= 11 is 0. The molecule has 0 saturated heterocycles. The summed E-state index contributed by atoms with van der Waals surface area (Å²) in [5.41, 5.74) is 1.02. The van der Waals surface area contributed by atoms with Gasteiger partial charge in [0.25, 0.3) is 0 Å². The number of fused-ring (bicyclic) bond motifs is 1. The van der Waals surface area contributed by atoms with Gasteiger partial charge in [-0.15, -0.1) is 0 Å². The van der Waals surface area contributed by atoms with Crippen molar-refractivity contribution in [3.05, 3.63) is 23.8 Å². The number of hydrogen-bond acceptors (Lipinski definition) is 6. The van der Waals surface area contributed by atoms with Crippen LogP contribution in [0, 0.1) is 5.92 Å². The first kappa shape index (κ1) is 22.5. The molecule has 1 amide bonds. The van der Waals surface area contributed by atoms with Crippen molar-refractivity contribution in [1.82, 2.24) is 10.2 Å². The van der Waals surface area contributed by atoms with Gasteiger partial charge in [-0.25, -0.2) is 0 Å². The van der Waals surface area contributed by atoms with Crippen LogP contribution >= 0.6 is 0 Å². The third kappa shape index (κ3) is 6.96. The van der Waals surface area contributed by atoms with Gasteiger partial charge in [-0.1, -0.05) is 19.9 Å². The van der Waals surface area contributed by atoms with E-state index in [1.165, 1.54) is 0 Å². The number of hydrogen-bond donors (Lipinski definition) is 1. The van der Waals surface area contributed by atoms with E-state index in [-0.39, 0.29) is 17.9 Å². The smallest absolute Gasteiger partial charge is 0.234 e. The molecule has 1 unspecified atom stereocenters. The van der Waals surface area contributed by atoms with Crippen LogP contribution in [-0.2, 0) is 14.3 Å². The molecule has 1 aromatic carbocycles. The molecule has 0 aliphatic carbocycles. The fourth-order valence-corrected chi connectivity index (χ4v) is 3.14. The molecule has 158 valence electrons. The van der Waals surface area contributed by atoms with Gasteiger partial charge in [0.05, 0.1) is 39.0 Å². The third-order valence-corrected chi connectivity index (χ3v) is 4.70. The lowest BCUT2D eigenvalue weighted by Gasteiger charge is -2.26. The summed E-state index contributed by atoms with van der Waals surface area (Å²) in [5.74, 6) is 1.73. The highest BCUT2D eigenvalue weighted by molar-refractivity contribution is 5.78. The minimum Gasteiger partial charge on any atom is -0.490 e. The lowest BCUT2D eigenvalue weighted by atomic mass is 9.95. The Kier molecular flexibility index (Phi) is 9.54. The normalized spacial score (nSPS) is 14.8. The van der Waals surface area contributed by atoms with E-state index >= 15 is 0 Å². The third-order valence-electron chi connectivity index (χ3n) is 4.70. The van der Waals surface area contributed by atoms with E-state index in [0.29, 0.717) is 46.1 Å². The Labute approximate surface area is 168 Å². The second-order valence-corrected chi connectivity index (χ2v) is 7.31. The van der Waals surface area contributed by atoms with Crippen LogP contribution in [-0.4, -0.2) is 71.1 Å². The van der Waals surface area contributed by atoms with Gasteiger partial charge in [0.15, 0.2) is 11.5 Å². The van der Waals surface area contributed by atoms with Crippen LogP contribution in [0.25, 0.3) is 0 Å². The van der Waals surface area contributed by atoms with Gasteiger partial charge in [0.1, 0.15) is 0 Å². The van der Waals surface area contributed by atoms with Crippen molar-refractivity contribution < 1.29 is 23.7 Å². The number of carbonyl (C=O) groups is 1. The largest absolute Gasteiger partial charge is 0.490 e. The summed E-state index contributed by atoms with van der Waals surface area (Å²) in [6.07, 6.45) is 0.868. The van der Waals surface area contributed by atoms with E-state index in [0.717, 1.165) is 23.5 Å². The van der Waals surface area contributed by atoms with Crippen molar-refractivity contribution in [2.45, 2.75) is 26.3 Å². The van der Waals surface area contributed by atoms with Crippen LogP contribution in [0.2, 0.25) is 0 Å². The second kappa shape index (κ2) is 11.9. The molecule has 0 saturated carbocycles. The number of rotatable bonds is 11. The van der Waals surface area contributed by atoms with Crippen LogP contribution in [0.5, 0.6) is 11.5 Å². The van der Waals surface area contributed by atoms with Crippen LogP contribution in [0.4, 0.5) is 0 Å². The van der Waals surface area contributed by atoms with Gasteiger partial charge < -0.3 is 24.3 Å². The Morgan fingerprint density at radius 2 is 1.75 bits per heavy atom. The maximum absolute atomic E-state index is 12.7. The minimum absolute atomic E-state index is 0.0157. The van der Waals surface area contributed by atoms with Gasteiger partial charge in [-0.3, -0.25) is 9.69 Å². The molecule has 1 aliphatic rings. The van der Waals surface area contributed by atoms with E-state index in [2.05, 4.69) is 19.2 Å². The molecule has 0 bridgehead atoms. The highest BCUT2D eigenvalue weighted by Gasteiger charge is 2.22. The number of nitrogens with one attached hydrogen (secondary N) is 1. The number of amides is 1.